The van der Waals surface area contributed by atoms with Crippen molar-refractivity contribution >= 4 is 21.9 Å². The average molecular weight is 227 g/mol. The smallest absolute Gasteiger partial charge is 0.238 e. The van der Waals surface area contributed by atoms with E-state index < -0.39 is 10.0 Å². The van der Waals surface area contributed by atoms with Crippen LogP contribution in [0.3, 0.4) is 0 Å². The minimum Gasteiger partial charge on any atom is -0.295 e. The highest BCUT2D eigenvalue weighted by Gasteiger charge is 2.08. The maximum Gasteiger partial charge on any atom is 0.238 e. The van der Waals surface area contributed by atoms with E-state index in [4.69, 9.17) is 0 Å². The first kappa shape index (κ1) is 11.7. The highest BCUT2D eigenvalue weighted by Crippen LogP contribution is 2.07. The van der Waals surface area contributed by atoms with Crippen LogP contribution >= 0.6 is 0 Å². The Morgan fingerprint density at radius 2 is 2.20 bits per heavy atom. The average Bonchev–Trinajstić information content (AvgIpc) is 2.63. The minimum atomic E-state index is -3.22. The Morgan fingerprint density at radius 3 is 2.73 bits per heavy atom. The van der Waals surface area contributed by atoms with Crippen LogP contribution in [0, 0.1) is 0 Å². The summed E-state index contributed by atoms with van der Waals surface area (Å²) in [5.41, 5.74) is 0.697. The van der Waals surface area contributed by atoms with Crippen molar-refractivity contribution in [3.63, 3.8) is 0 Å². The molecule has 1 aromatic heterocycles. The fourth-order valence-electron chi connectivity index (χ4n) is 1.03. The lowest BCUT2D eigenvalue weighted by molar-refractivity contribution is -0.112. The Kier molecular flexibility index (Phi) is 3.47. The molecule has 5 heteroatoms. The molecule has 4 nitrogen and oxygen atoms in total. The van der Waals surface area contributed by atoms with E-state index in [9.17, 15) is 13.2 Å². The van der Waals surface area contributed by atoms with Crippen LogP contribution in [0.1, 0.15) is 19.4 Å². The molecule has 0 N–H and O–H groups in total. The van der Waals surface area contributed by atoms with Gasteiger partial charge in [-0.3, -0.25) is 8.77 Å². The van der Waals surface area contributed by atoms with Crippen LogP contribution in [-0.4, -0.2) is 23.9 Å². The van der Waals surface area contributed by atoms with Crippen LogP contribution < -0.4 is 0 Å². The molecule has 1 aromatic rings. The predicted molar refractivity (Wildman–Crippen MR) is 59.0 cm³/mol. The normalized spacial score (nSPS) is 12.1. The number of hydrogen-bond acceptors (Lipinski definition) is 3. The van der Waals surface area contributed by atoms with Crippen molar-refractivity contribution in [2.24, 2.45) is 0 Å². The lowest BCUT2D eigenvalue weighted by Crippen LogP contribution is -2.12. The van der Waals surface area contributed by atoms with Gasteiger partial charge in [-0.1, -0.05) is 0 Å². The predicted octanol–water partition coefficient (Wildman–Crippen LogP) is 1.29. The zero-order valence-electron chi connectivity index (χ0n) is 8.67. The van der Waals surface area contributed by atoms with E-state index in [1.165, 1.54) is 25.4 Å². The van der Waals surface area contributed by atoms with Gasteiger partial charge in [-0.05, 0) is 37.6 Å². The van der Waals surface area contributed by atoms with Gasteiger partial charge in [0.05, 0.1) is 5.75 Å². The van der Waals surface area contributed by atoms with Crippen molar-refractivity contribution in [2.45, 2.75) is 13.8 Å². The first-order valence-electron chi connectivity index (χ1n) is 4.55. The summed E-state index contributed by atoms with van der Waals surface area (Å²) in [5, 5.41) is 0. The van der Waals surface area contributed by atoms with Crippen LogP contribution in [0.5, 0.6) is 0 Å². The molecule has 0 aliphatic heterocycles. The second-order valence-corrected chi connectivity index (χ2v) is 5.28. The highest BCUT2D eigenvalue weighted by molar-refractivity contribution is 7.89. The molecule has 0 atom stereocenters. The summed E-state index contributed by atoms with van der Waals surface area (Å²) < 4.78 is 24.0. The third kappa shape index (κ3) is 3.06. The third-order valence-corrected chi connectivity index (χ3v) is 3.49. The van der Waals surface area contributed by atoms with Gasteiger partial charge in [-0.15, -0.1) is 0 Å². The van der Waals surface area contributed by atoms with Gasteiger partial charge in [0.2, 0.25) is 10.0 Å². The maximum atomic E-state index is 11.4. The molecule has 0 aliphatic rings. The van der Waals surface area contributed by atoms with Crippen molar-refractivity contribution in [1.29, 1.82) is 0 Å². The molecule has 15 heavy (non-hydrogen) atoms. The van der Waals surface area contributed by atoms with E-state index in [0.717, 1.165) is 3.97 Å². The van der Waals surface area contributed by atoms with E-state index in [2.05, 4.69) is 0 Å². The molecular formula is C10H13NO3S. The van der Waals surface area contributed by atoms with Crippen LogP contribution in [0.4, 0.5) is 0 Å². The number of carbonyl (C=O) groups excluding carboxylic acids is 1. The maximum absolute atomic E-state index is 11.4. The molecule has 0 amide bonds. The first-order valence-corrected chi connectivity index (χ1v) is 6.16. The Hall–Kier alpha value is -1.36. The molecule has 0 bridgehead atoms. The highest BCUT2D eigenvalue weighted by atomic mass is 32.2. The minimum absolute atomic E-state index is 0.0531. The number of nitrogens with zero attached hydrogens (tertiary/aromatic N) is 1. The lowest BCUT2D eigenvalue weighted by Gasteiger charge is -1.99. The lowest BCUT2D eigenvalue weighted by atomic mass is 10.3. The summed E-state index contributed by atoms with van der Waals surface area (Å²) in [4.78, 5) is 10.7. The first-order chi connectivity index (χ1) is 6.95. The molecule has 82 valence electrons. The molecule has 0 spiro atoms. The molecule has 0 saturated heterocycles. The van der Waals surface area contributed by atoms with Gasteiger partial charge < -0.3 is 0 Å². The number of allylic oxidation sites excluding steroid dienone is 1. The summed E-state index contributed by atoms with van der Waals surface area (Å²) >= 11 is 0. The number of carbonyl (C=O) groups is 1. The van der Waals surface area contributed by atoms with Crippen molar-refractivity contribution < 1.29 is 13.2 Å². The summed E-state index contributed by atoms with van der Waals surface area (Å²) in [5.74, 6) is -0.0153. The summed E-state index contributed by atoms with van der Waals surface area (Å²) in [7, 11) is -3.22. The quantitative estimate of drug-likeness (QED) is 0.728. The largest absolute Gasteiger partial charge is 0.295 e. The summed E-state index contributed by atoms with van der Waals surface area (Å²) in [6, 6.07) is 1.65. The van der Waals surface area contributed by atoms with Crippen molar-refractivity contribution in [2.75, 3.05) is 5.75 Å². The van der Waals surface area contributed by atoms with Gasteiger partial charge in [0.1, 0.15) is 0 Å². The van der Waals surface area contributed by atoms with E-state index in [-0.39, 0.29) is 11.5 Å². The van der Waals surface area contributed by atoms with Crippen LogP contribution in [0.2, 0.25) is 0 Å². The fraction of sp³-hybridized carbons (Fsp3) is 0.300. The Balaban J connectivity index is 2.96. The summed E-state index contributed by atoms with van der Waals surface area (Å²) in [6.07, 6.45) is 5.94. The second-order valence-electron chi connectivity index (χ2n) is 3.12. The molecule has 0 radical (unpaired) electrons. The Labute approximate surface area is 89.3 Å². The van der Waals surface area contributed by atoms with E-state index in [1.807, 2.05) is 0 Å². The SMILES string of the molecule is CCS(=O)(=O)n1ccc(/C=C/C(C)=O)c1. The van der Waals surface area contributed by atoms with Crippen LogP contribution in [0.15, 0.2) is 24.5 Å². The zero-order valence-corrected chi connectivity index (χ0v) is 9.49. The van der Waals surface area contributed by atoms with Gasteiger partial charge in [0.15, 0.2) is 5.78 Å². The standard InChI is InChI=1S/C10H13NO3S/c1-3-15(13,14)11-7-6-10(8-11)5-4-9(2)12/h4-8H,3H2,1-2H3/b5-4+. The second kappa shape index (κ2) is 4.44. The zero-order chi connectivity index (χ0) is 11.5. The van der Waals surface area contributed by atoms with Gasteiger partial charge >= 0.3 is 0 Å². The van der Waals surface area contributed by atoms with E-state index >= 15 is 0 Å². The van der Waals surface area contributed by atoms with E-state index in [1.54, 1.807) is 19.1 Å². The van der Waals surface area contributed by atoms with E-state index in [0.29, 0.717) is 5.56 Å². The molecule has 0 aromatic carbocycles. The molecule has 1 rings (SSSR count). The molecule has 0 fully saturated rings. The topological polar surface area (TPSA) is 56.1 Å². The molecule has 0 unspecified atom stereocenters. The van der Waals surface area contributed by atoms with Crippen molar-refractivity contribution in [3.8, 4) is 0 Å². The van der Waals surface area contributed by atoms with Gasteiger partial charge in [-0.2, -0.15) is 0 Å². The number of aromatic nitrogens is 1. The Bertz CT molecular complexity index is 483. The Morgan fingerprint density at radius 1 is 1.53 bits per heavy atom. The fourth-order valence-corrected chi connectivity index (χ4v) is 1.85. The number of rotatable bonds is 4. The summed E-state index contributed by atoms with van der Waals surface area (Å²) in [6.45, 7) is 3.02. The number of ketones is 1. The molecule has 0 aliphatic carbocycles. The van der Waals surface area contributed by atoms with Crippen LogP contribution in [-0.2, 0) is 14.8 Å². The molecule has 0 saturated carbocycles. The number of hydrogen-bond donors (Lipinski definition) is 0. The monoisotopic (exact) mass is 227 g/mol. The van der Waals surface area contributed by atoms with Gasteiger partial charge in [-0.25, -0.2) is 8.42 Å². The third-order valence-electron chi connectivity index (χ3n) is 1.89. The molecular weight excluding hydrogens is 214 g/mol. The van der Waals surface area contributed by atoms with Gasteiger partial charge in [0.25, 0.3) is 0 Å². The molecule has 1 heterocycles. The van der Waals surface area contributed by atoms with Crippen molar-refractivity contribution in [1.82, 2.24) is 3.97 Å². The van der Waals surface area contributed by atoms with Crippen molar-refractivity contribution in [3.05, 3.63) is 30.1 Å². The van der Waals surface area contributed by atoms with Gasteiger partial charge in [0, 0.05) is 12.4 Å². The van der Waals surface area contributed by atoms with Crippen LogP contribution in [0.25, 0.3) is 6.08 Å².